The van der Waals surface area contributed by atoms with E-state index in [1.165, 1.54) is 12.1 Å². The summed E-state index contributed by atoms with van der Waals surface area (Å²) in [4.78, 5) is 12.6. The molecule has 1 fully saturated rings. The maximum Gasteiger partial charge on any atom is 0.274 e. The molecule has 19 heavy (non-hydrogen) atoms. The second kappa shape index (κ2) is 6.08. The molecule has 0 bridgehead atoms. The molecule has 1 N–H and O–H groups in total. The Bertz CT molecular complexity index is 461. The Balaban J connectivity index is 2.12. The van der Waals surface area contributed by atoms with Crippen molar-refractivity contribution in [1.29, 1.82) is 0 Å². The predicted molar refractivity (Wildman–Crippen MR) is 70.4 cm³/mol. The minimum atomic E-state index is -0.453. The van der Waals surface area contributed by atoms with Crippen LogP contribution in [-0.2, 0) is 6.54 Å². The Morgan fingerprint density at radius 2 is 2.16 bits per heavy atom. The van der Waals surface area contributed by atoms with E-state index in [-0.39, 0.29) is 5.69 Å². The van der Waals surface area contributed by atoms with Crippen LogP contribution in [0.3, 0.4) is 0 Å². The molecule has 104 valence electrons. The molecule has 1 aliphatic heterocycles. The standard InChI is InChI=1S/C13H18FN3O2/c1-16(12-4-6-15-7-5-12)9-10-8-11(14)2-3-13(10)17(18)19/h2-3,8,12,15H,4-7,9H2,1H3. The summed E-state index contributed by atoms with van der Waals surface area (Å²) in [5.41, 5.74) is 0.424. The van der Waals surface area contributed by atoms with Gasteiger partial charge in [0.2, 0.25) is 0 Å². The van der Waals surface area contributed by atoms with Gasteiger partial charge in [0.25, 0.3) is 5.69 Å². The molecule has 5 nitrogen and oxygen atoms in total. The quantitative estimate of drug-likeness (QED) is 0.669. The summed E-state index contributed by atoms with van der Waals surface area (Å²) in [5.74, 6) is -0.431. The normalized spacial score (nSPS) is 16.8. The lowest BCUT2D eigenvalue weighted by molar-refractivity contribution is -0.385. The van der Waals surface area contributed by atoms with E-state index in [9.17, 15) is 14.5 Å². The zero-order valence-corrected chi connectivity index (χ0v) is 10.9. The van der Waals surface area contributed by atoms with Crippen LogP contribution in [0.5, 0.6) is 0 Å². The molecule has 1 aliphatic rings. The molecule has 0 unspecified atom stereocenters. The molecule has 1 saturated heterocycles. The van der Waals surface area contributed by atoms with Gasteiger partial charge in [-0.2, -0.15) is 0 Å². The molecule has 6 heteroatoms. The summed E-state index contributed by atoms with van der Waals surface area (Å²) in [6.07, 6.45) is 2.03. The minimum absolute atomic E-state index is 0.0119. The molecule has 1 aromatic rings. The molecule has 0 saturated carbocycles. The van der Waals surface area contributed by atoms with Crippen molar-refractivity contribution in [2.24, 2.45) is 0 Å². The van der Waals surface area contributed by atoms with Crippen LogP contribution in [0.1, 0.15) is 18.4 Å². The van der Waals surface area contributed by atoms with Crippen LogP contribution >= 0.6 is 0 Å². The van der Waals surface area contributed by atoms with Gasteiger partial charge in [-0.05, 0) is 45.1 Å². The SMILES string of the molecule is CN(Cc1cc(F)ccc1[N+](=O)[O-])C1CCNCC1. The summed E-state index contributed by atoms with van der Waals surface area (Å²) in [6, 6.07) is 4.02. The van der Waals surface area contributed by atoms with E-state index in [4.69, 9.17) is 0 Å². The van der Waals surface area contributed by atoms with E-state index in [0.29, 0.717) is 18.2 Å². The number of piperidine rings is 1. The smallest absolute Gasteiger partial charge is 0.274 e. The van der Waals surface area contributed by atoms with Crippen molar-refractivity contribution in [2.75, 3.05) is 20.1 Å². The van der Waals surface area contributed by atoms with Crippen molar-refractivity contribution in [1.82, 2.24) is 10.2 Å². The van der Waals surface area contributed by atoms with Crippen molar-refractivity contribution >= 4 is 5.69 Å². The molecular weight excluding hydrogens is 249 g/mol. The van der Waals surface area contributed by atoms with Crippen molar-refractivity contribution in [3.05, 3.63) is 39.7 Å². The van der Waals surface area contributed by atoms with Crippen molar-refractivity contribution in [3.63, 3.8) is 0 Å². The highest BCUT2D eigenvalue weighted by atomic mass is 19.1. The molecule has 1 aromatic carbocycles. The largest absolute Gasteiger partial charge is 0.317 e. The highest BCUT2D eigenvalue weighted by Gasteiger charge is 2.21. The number of hydrogen-bond acceptors (Lipinski definition) is 4. The predicted octanol–water partition coefficient (Wildman–Crippen LogP) is 1.92. The first-order valence-electron chi connectivity index (χ1n) is 6.41. The second-order valence-corrected chi connectivity index (χ2v) is 4.93. The summed E-state index contributed by atoms with van der Waals surface area (Å²) < 4.78 is 13.3. The Labute approximate surface area is 111 Å². The Hall–Kier alpha value is -1.53. The zero-order chi connectivity index (χ0) is 13.8. The number of benzene rings is 1. The van der Waals surface area contributed by atoms with Crippen LogP contribution in [0.25, 0.3) is 0 Å². The minimum Gasteiger partial charge on any atom is -0.317 e. The van der Waals surface area contributed by atoms with Gasteiger partial charge < -0.3 is 5.32 Å². The summed E-state index contributed by atoms with van der Waals surface area (Å²) in [6.45, 7) is 2.32. The summed E-state index contributed by atoms with van der Waals surface area (Å²) >= 11 is 0. The fourth-order valence-electron chi connectivity index (χ4n) is 2.50. The number of nitro benzene ring substituents is 1. The van der Waals surface area contributed by atoms with Crippen LogP contribution in [0, 0.1) is 15.9 Å². The molecular formula is C13H18FN3O2. The van der Waals surface area contributed by atoms with Gasteiger partial charge in [-0.15, -0.1) is 0 Å². The molecule has 0 aliphatic carbocycles. The van der Waals surface area contributed by atoms with Crippen LogP contribution in [0.4, 0.5) is 10.1 Å². The van der Waals surface area contributed by atoms with Gasteiger partial charge >= 0.3 is 0 Å². The Morgan fingerprint density at radius 1 is 1.47 bits per heavy atom. The summed E-state index contributed by atoms with van der Waals surface area (Å²) in [7, 11) is 1.94. The zero-order valence-electron chi connectivity index (χ0n) is 10.9. The average molecular weight is 267 g/mol. The fraction of sp³-hybridized carbons (Fsp3) is 0.538. The van der Waals surface area contributed by atoms with Crippen LogP contribution in [0.2, 0.25) is 0 Å². The third-order valence-corrected chi connectivity index (χ3v) is 3.59. The van der Waals surface area contributed by atoms with E-state index >= 15 is 0 Å². The van der Waals surface area contributed by atoms with Crippen molar-refractivity contribution < 1.29 is 9.31 Å². The van der Waals surface area contributed by atoms with E-state index in [0.717, 1.165) is 32.0 Å². The highest BCUT2D eigenvalue weighted by molar-refractivity contribution is 5.40. The monoisotopic (exact) mass is 267 g/mol. The first-order chi connectivity index (χ1) is 9.08. The van der Waals surface area contributed by atoms with E-state index in [2.05, 4.69) is 10.2 Å². The fourth-order valence-corrected chi connectivity index (χ4v) is 2.50. The van der Waals surface area contributed by atoms with Crippen molar-refractivity contribution in [3.8, 4) is 0 Å². The molecule has 0 spiro atoms. The molecule has 0 atom stereocenters. The number of nitrogens with zero attached hydrogens (tertiary/aromatic N) is 2. The van der Waals surface area contributed by atoms with Gasteiger partial charge in [0.05, 0.1) is 4.92 Å². The summed E-state index contributed by atoms with van der Waals surface area (Å²) in [5, 5.41) is 14.2. The Morgan fingerprint density at radius 3 is 2.79 bits per heavy atom. The third-order valence-electron chi connectivity index (χ3n) is 3.59. The van der Waals surface area contributed by atoms with Gasteiger partial charge in [-0.1, -0.05) is 0 Å². The highest BCUT2D eigenvalue weighted by Crippen LogP contribution is 2.22. The van der Waals surface area contributed by atoms with Gasteiger partial charge in [-0.3, -0.25) is 15.0 Å². The molecule has 0 amide bonds. The maximum absolute atomic E-state index is 13.3. The Kier molecular flexibility index (Phi) is 4.44. The van der Waals surface area contributed by atoms with Gasteiger partial charge in [-0.25, -0.2) is 4.39 Å². The lowest BCUT2D eigenvalue weighted by Crippen LogP contribution is -2.40. The van der Waals surface area contributed by atoms with Crippen LogP contribution in [-0.4, -0.2) is 36.0 Å². The molecule has 0 radical (unpaired) electrons. The number of rotatable bonds is 4. The molecule has 0 aromatic heterocycles. The number of hydrogen-bond donors (Lipinski definition) is 1. The average Bonchev–Trinajstić information content (AvgIpc) is 2.39. The second-order valence-electron chi connectivity index (χ2n) is 4.93. The van der Waals surface area contributed by atoms with E-state index in [1.807, 2.05) is 7.05 Å². The lowest BCUT2D eigenvalue weighted by Gasteiger charge is -2.31. The number of halogens is 1. The molecule has 1 heterocycles. The number of nitro groups is 1. The third kappa shape index (κ3) is 3.48. The lowest BCUT2D eigenvalue weighted by atomic mass is 10.0. The van der Waals surface area contributed by atoms with E-state index in [1.54, 1.807) is 0 Å². The maximum atomic E-state index is 13.3. The first kappa shape index (κ1) is 13.9. The van der Waals surface area contributed by atoms with Gasteiger partial charge in [0, 0.05) is 24.2 Å². The van der Waals surface area contributed by atoms with Crippen LogP contribution in [0.15, 0.2) is 18.2 Å². The molecule has 2 rings (SSSR count). The van der Waals surface area contributed by atoms with Gasteiger partial charge in [0.15, 0.2) is 0 Å². The van der Waals surface area contributed by atoms with E-state index < -0.39 is 10.7 Å². The first-order valence-corrected chi connectivity index (χ1v) is 6.41. The van der Waals surface area contributed by atoms with Gasteiger partial charge in [0.1, 0.15) is 5.82 Å². The van der Waals surface area contributed by atoms with Crippen LogP contribution < -0.4 is 5.32 Å². The number of nitrogens with one attached hydrogen (secondary N) is 1. The van der Waals surface area contributed by atoms with Crippen molar-refractivity contribution in [2.45, 2.75) is 25.4 Å². The topological polar surface area (TPSA) is 58.4 Å².